The van der Waals surface area contributed by atoms with Crippen LogP contribution in [0.5, 0.6) is 11.5 Å². The van der Waals surface area contributed by atoms with E-state index < -0.39 is 0 Å². The van der Waals surface area contributed by atoms with E-state index >= 15 is 0 Å². The van der Waals surface area contributed by atoms with Crippen LogP contribution < -0.4 is 10.1 Å². The van der Waals surface area contributed by atoms with Gasteiger partial charge in [0.1, 0.15) is 17.4 Å². The van der Waals surface area contributed by atoms with Gasteiger partial charge in [0.2, 0.25) is 0 Å². The minimum absolute atomic E-state index is 0.239. The number of aromatic nitrogens is 2. The van der Waals surface area contributed by atoms with Gasteiger partial charge in [-0.1, -0.05) is 6.07 Å². The summed E-state index contributed by atoms with van der Waals surface area (Å²) in [5.41, 5.74) is 0. The number of nitrogens with zero attached hydrogens (tertiary/aromatic N) is 2. The van der Waals surface area contributed by atoms with E-state index in [2.05, 4.69) is 15.3 Å². The molecule has 3 rings (SSSR count). The Hall–Kier alpha value is -2.01. The van der Waals surface area contributed by atoms with Crippen molar-refractivity contribution >= 4 is 0 Å². The molecule has 1 aromatic heterocycles. The highest BCUT2D eigenvalue weighted by molar-refractivity contribution is 5.28. The average molecular weight is 259 g/mol. The second kappa shape index (κ2) is 5.32. The largest absolute Gasteiger partial charge is 0.454 e. The van der Waals surface area contributed by atoms with Crippen LogP contribution in [0.1, 0.15) is 24.7 Å². The van der Waals surface area contributed by atoms with E-state index in [4.69, 9.17) is 4.74 Å². The molecule has 1 fully saturated rings. The molecule has 0 aliphatic carbocycles. The number of halogens is 1. The Morgan fingerprint density at radius 1 is 1.21 bits per heavy atom. The van der Waals surface area contributed by atoms with E-state index in [1.54, 1.807) is 24.5 Å². The number of benzene rings is 1. The van der Waals surface area contributed by atoms with Crippen molar-refractivity contribution < 1.29 is 9.13 Å². The topological polar surface area (TPSA) is 47.0 Å². The van der Waals surface area contributed by atoms with Gasteiger partial charge in [-0.2, -0.15) is 0 Å². The van der Waals surface area contributed by atoms with E-state index in [0.717, 1.165) is 25.2 Å². The summed E-state index contributed by atoms with van der Waals surface area (Å²) in [6, 6.07) is 6.23. The highest BCUT2D eigenvalue weighted by Crippen LogP contribution is 2.23. The first kappa shape index (κ1) is 12.0. The van der Waals surface area contributed by atoms with E-state index in [-0.39, 0.29) is 11.9 Å². The summed E-state index contributed by atoms with van der Waals surface area (Å²) in [6.45, 7) is 1.01. The van der Waals surface area contributed by atoms with Gasteiger partial charge in [-0.05, 0) is 31.5 Å². The fourth-order valence-corrected chi connectivity index (χ4v) is 2.13. The molecule has 2 aromatic rings. The Balaban J connectivity index is 1.72. The lowest BCUT2D eigenvalue weighted by atomic mass is 10.2. The van der Waals surface area contributed by atoms with Crippen molar-refractivity contribution in [2.45, 2.75) is 18.9 Å². The Bertz CT molecular complexity index is 553. The van der Waals surface area contributed by atoms with Crippen LogP contribution >= 0.6 is 0 Å². The molecule has 1 aromatic carbocycles. The first-order chi connectivity index (χ1) is 9.31. The van der Waals surface area contributed by atoms with Crippen molar-refractivity contribution in [2.24, 2.45) is 0 Å². The molecule has 19 heavy (non-hydrogen) atoms. The second-order valence-corrected chi connectivity index (χ2v) is 4.49. The van der Waals surface area contributed by atoms with Crippen LogP contribution in [0, 0.1) is 5.82 Å². The monoisotopic (exact) mass is 259 g/mol. The van der Waals surface area contributed by atoms with Gasteiger partial charge in [-0.25, -0.2) is 14.4 Å². The Kier molecular flexibility index (Phi) is 3.37. The number of nitrogens with one attached hydrogen (secondary N) is 1. The molecule has 1 unspecified atom stereocenters. The number of hydrogen-bond donors (Lipinski definition) is 1. The fourth-order valence-electron chi connectivity index (χ4n) is 2.13. The minimum atomic E-state index is -0.329. The maximum atomic E-state index is 13.0. The van der Waals surface area contributed by atoms with Gasteiger partial charge in [-0.15, -0.1) is 0 Å². The molecule has 1 atom stereocenters. The van der Waals surface area contributed by atoms with Gasteiger partial charge < -0.3 is 10.1 Å². The molecule has 0 bridgehead atoms. The Morgan fingerprint density at radius 2 is 2.05 bits per heavy atom. The third-order valence-corrected chi connectivity index (χ3v) is 3.05. The number of hydrogen-bond acceptors (Lipinski definition) is 4. The highest BCUT2D eigenvalue weighted by Gasteiger charge is 2.18. The summed E-state index contributed by atoms with van der Waals surface area (Å²) in [4.78, 5) is 8.57. The van der Waals surface area contributed by atoms with Crippen molar-refractivity contribution in [3.8, 4) is 11.5 Å². The maximum Gasteiger partial charge on any atom is 0.164 e. The first-order valence-corrected chi connectivity index (χ1v) is 6.30. The lowest BCUT2D eigenvalue weighted by Crippen LogP contribution is -2.15. The standard InChI is InChI=1S/C14H14FN3O/c15-10-3-1-4-11(7-10)19-12-8-17-14(18-9-12)13-5-2-6-16-13/h1,3-4,7-9,13,16H,2,5-6H2. The Labute approximate surface area is 110 Å². The quantitative estimate of drug-likeness (QED) is 0.920. The van der Waals surface area contributed by atoms with Gasteiger partial charge in [0.05, 0.1) is 18.4 Å². The smallest absolute Gasteiger partial charge is 0.164 e. The molecule has 2 heterocycles. The fraction of sp³-hybridized carbons (Fsp3) is 0.286. The van der Waals surface area contributed by atoms with Crippen molar-refractivity contribution in [1.29, 1.82) is 0 Å². The van der Waals surface area contributed by atoms with Gasteiger partial charge in [-0.3, -0.25) is 0 Å². The summed E-state index contributed by atoms with van der Waals surface area (Å²) < 4.78 is 18.5. The molecule has 1 aliphatic heterocycles. The summed E-state index contributed by atoms with van der Waals surface area (Å²) in [5, 5.41) is 3.33. The number of ether oxygens (including phenoxy) is 1. The molecule has 0 amide bonds. The van der Waals surface area contributed by atoms with Crippen LogP contribution in [0.15, 0.2) is 36.7 Å². The Morgan fingerprint density at radius 3 is 2.74 bits per heavy atom. The van der Waals surface area contributed by atoms with Crippen molar-refractivity contribution in [2.75, 3.05) is 6.54 Å². The molecular weight excluding hydrogens is 245 g/mol. The van der Waals surface area contributed by atoms with Crippen LogP contribution in [-0.2, 0) is 0 Å². The third-order valence-electron chi connectivity index (χ3n) is 3.05. The maximum absolute atomic E-state index is 13.0. The normalized spacial score (nSPS) is 18.5. The van der Waals surface area contributed by atoms with Crippen LogP contribution in [0.3, 0.4) is 0 Å². The average Bonchev–Trinajstić information content (AvgIpc) is 2.94. The zero-order valence-corrected chi connectivity index (χ0v) is 10.3. The van der Waals surface area contributed by atoms with Crippen LogP contribution in [0.4, 0.5) is 4.39 Å². The zero-order chi connectivity index (χ0) is 13.1. The second-order valence-electron chi connectivity index (χ2n) is 4.49. The van der Waals surface area contributed by atoms with E-state index in [1.807, 2.05) is 0 Å². The van der Waals surface area contributed by atoms with Crippen molar-refractivity contribution in [3.05, 3.63) is 48.3 Å². The summed E-state index contributed by atoms with van der Waals surface area (Å²) in [7, 11) is 0. The lowest BCUT2D eigenvalue weighted by molar-refractivity contribution is 0.468. The molecule has 0 spiro atoms. The molecule has 98 valence electrons. The first-order valence-electron chi connectivity index (χ1n) is 6.30. The van der Waals surface area contributed by atoms with Crippen molar-refractivity contribution in [1.82, 2.24) is 15.3 Å². The molecule has 1 aliphatic rings. The predicted octanol–water partition coefficient (Wildman–Crippen LogP) is 2.83. The lowest BCUT2D eigenvalue weighted by Gasteiger charge is -2.09. The minimum Gasteiger partial charge on any atom is -0.454 e. The summed E-state index contributed by atoms with van der Waals surface area (Å²) in [6.07, 6.45) is 5.44. The van der Waals surface area contributed by atoms with Crippen LogP contribution in [0.25, 0.3) is 0 Å². The molecule has 1 saturated heterocycles. The van der Waals surface area contributed by atoms with Gasteiger partial charge in [0.25, 0.3) is 0 Å². The van der Waals surface area contributed by atoms with Gasteiger partial charge in [0, 0.05) is 6.07 Å². The highest BCUT2D eigenvalue weighted by atomic mass is 19.1. The van der Waals surface area contributed by atoms with E-state index in [0.29, 0.717) is 11.5 Å². The predicted molar refractivity (Wildman–Crippen MR) is 68.5 cm³/mol. The van der Waals surface area contributed by atoms with E-state index in [1.165, 1.54) is 12.1 Å². The summed E-state index contributed by atoms with van der Waals surface area (Å²) in [5.74, 6) is 1.40. The molecule has 5 heteroatoms. The number of rotatable bonds is 3. The van der Waals surface area contributed by atoms with Crippen LogP contribution in [-0.4, -0.2) is 16.5 Å². The molecular formula is C14H14FN3O. The van der Waals surface area contributed by atoms with Crippen molar-refractivity contribution in [3.63, 3.8) is 0 Å². The van der Waals surface area contributed by atoms with Gasteiger partial charge >= 0.3 is 0 Å². The van der Waals surface area contributed by atoms with Gasteiger partial charge in [0.15, 0.2) is 5.75 Å². The zero-order valence-electron chi connectivity index (χ0n) is 10.3. The van der Waals surface area contributed by atoms with E-state index in [9.17, 15) is 4.39 Å². The molecule has 1 N–H and O–H groups in total. The summed E-state index contributed by atoms with van der Waals surface area (Å²) >= 11 is 0. The van der Waals surface area contributed by atoms with Crippen LogP contribution in [0.2, 0.25) is 0 Å². The SMILES string of the molecule is Fc1cccc(Oc2cnc(C3CCCN3)nc2)c1. The molecule has 4 nitrogen and oxygen atoms in total. The molecule has 0 saturated carbocycles. The molecule has 0 radical (unpaired) electrons. The third kappa shape index (κ3) is 2.88.